The summed E-state index contributed by atoms with van der Waals surface area (Å²) in [4.78, 5) is 0. The van der Waals surface area contributed by atoms with Gasteiger partial charge in [0, 0.05) is 23.7 Å². The molecule has 0 heterocycles. The van der Waals surface area contributed by atoms with Gasteiger partial charge < -0.3 is 22.5 Å². The van der Waals surface area contributed by atoms with Crippen LogP contribution in [0.4, 0.5) is 0 Å². The maximum atomic E-state index is 5.99. The average Bonchev–Trinajstić information content (AvgIpc) is 2.40. The molecule has 2 rings (SSSR count). The van der Waals surface area contributed by atoms with E-state index in [1.807, 2.05) is 36.4 Å². The van der Waals surface area contributed by atoms with Crippen molar-refractivity contribution in [2.75, 3.05) is 7.11 Å². The van der Waals surface area contributed by atoms with Crippen LogP contribution in [0.2, 0.25) is 5.02 Å². The van der Waals surface area contributed by atoms with E-state index in [1.54, 1.807) is 7.11 Å². The van der Waals surface area contributed by atoms with E-state index in [9.17, 15) is 0 Å². The van der Waals surface area contributed by atoms with E-state index in [4.69, 9.17) is 16.3 Å². The number of methoxy groups -OCH3 is 1. The minimum atomic E-state index is 0. The Labute approximate surface area is 125 Å². The van der Waals surface area contributed by atoms with Crippen LogP contribution in [0, 0.1) is 0 Å². The SMILES string of the molecule is COc1ccc(Cl)cc1CNCc1ccccc1.[Cl-]. The zero-order chi connectivity index (χ0) is 12.8. The average molecular weight is 297 g/mol. The molecule has 0 aliphatic carbocycles. The number of nitrogens with one attached hydrogen (secondary N) is 1. The van der Waals surface area contributed by atoms with Crippen LogP contribution in [-0.2, 0) is 13.1 Å². The van der Waals surface area contributed by atoms with Crippen molar-refractivity contribution < 1.29 is 17.1 Å². The van der Waals surface area contributed by atoms with Gasteiger partial charge in [0.05, 0.1) is 7.11 Å². The Hall–Kier alpha value is -1.22. The summed E-state index contributed by atoms with van der Waals surface area (Å²) in [5.74, 6) is 0.861. The van der Waals surface area contributed by atoms with Gasteiger partial charge in [0.25, 0.3) is 0 Å². The van der Waals surface area contributed by atoms with Crippen molar-refractivity contribution in [1.29, 1.82) is 0 Å². The Bertz CT molecular complexity index is 503. The molecule has 0 bridgehead atoms. The standard InChI is InChI=1S/C15H16ClNO.ClH/c1-18-15-8-7-14(16)9-13(15)11-17-10-12-5-3-2-4-6-12;/h2-9,17H,10-11H2,1H3;1H/p-1. The van der Waals surface area contributed by atoms with Crippen LogP contribution in [0.1, 0.15) is 11.1 Å². The Kier molecular flexibility index (Phi) is 6.71. The summed E-state index contributed by atoms with van der Waals surface area (Å²) in [6, 6.07) is 15.9. The van der Waals surface area contributed by atoms with Gasteiger partial charge in [0.15, 0.2) is 0 Å². The fraction of sp³-hybridized carbons (Fsp3) is 0.200. The highest BCUT2D eigenvalue weighted by Gasteiger charge is 2.03. The van der Waals surface area contributed by atoms with E-state index in [1.165, 1.54) is 5.56 Å². The molecule has 2 nitrogen and oxygen atoms in total. The topological polar surface area (TPSA) is 21.3 Å². The number of halogens is 2. The molecule has 102 valence electrons. The molecule has 0 aliphatic heterocycles. The third-order valence-electron chi connectivity index (χ3n) is 2.73. The lowest BCUT2D eigenvalue weighted by atomic mass is 10.2. The smallest absolute Gasteiger partial charge is 0.123 e. The van der Waals surface area contributed by atoms with Crippen LogP contribution >= 0.6 is 11.6 Å². The van der Waals surface area contributed by atoms with Crippen molar-refractivity contribution in [2.24, 2.45) is 0 Å². The monoisotopic (exact) mass is 296 g/mol. The van der Waals surface area contributed by atoms with Crippen molar-refractivity contribution in [3.8, 4) is 5.75 Å². The number of hydrogen-bond donors (Lipinski definition) is 1. The molecule has 0 aliphatic rings. The first-order valence-corrected chi connectivity index (χ1v) is 6.24. The van der Waals surface area contributed by atoms with E-state index in [2.05, 4.69) is 17.4 Å². The Morgan fingerprint density at radius 1 is 1.05 bits per heavy atom. The first-order chi connectivity index (χ1) is 8.79. The molecule has 0 saturated heterocycles. The van der Waals surface area contributed by atoms with Gasteiger partial charge >= 0.3 is 0 Å². The van der Waals surface area contributed by atoms with E-state index in [-0.39, 0.29) is 12.4 Å². The number of ether oxygens (including phenoxy) is 1. The molecule has 0 radical (unpaired) electrons. The zero-order valence-electron chi connectivity index (χ0n) is 10.7. The lowest BCUT2D eigenvalue weighted by Crippen LogP contribution is -3.00. The molecule has 0 unspecified atom stereocenters. The first-order valence-electron chi connectivity index (χ1n) is 5.86. The summed E-state index contributed by atoms with van der Waals surface area (Å²) in [6.45, 7) is 1.56. The van der Waals surface area contributed by atoms with Gasteiger partial charge in [-0.2, -0.15) is 0 Å². The van der Waals surface area contributed by atoms with Crippen LogP contribution in [0.5, 0.6) is 5.75 Å². The van der Waals surface area contributed by atoms with Crippen LogP contribution in [0.15, 0.2) is 48.5 Å². The second-order valence-corrected chi connectivity index (χ2v) is 4.48. The third kappa shape index (κ3) is 4.75. The highest BCUT2D eigenvalue weighted by atomic mass is 35.5. The van der Waals surface area contributed by atoms with Crippen molar-refractivity contribution >= 4 is 11.6 Å². The molecular formula is C15H16Cl2NO-. The summed E-state index contributed by atoms with van der Waals surface area (Å²) >= 11 is 5.99. The summed E-state index contributed by atoms with van der Waals surface area (Å²) in [7, 11) is 1.67. The molecular weight excluding hydrogens is 281 g/mol. The molecule has 2 aromatic carbocycles. The molecule has 0 amide bonds. The highest BCUT2D eigenvalue weighted by molar-refractivity contribution is 6.30. The van der Waals surface area contributed by atoms with Crippen molar-refractivity contribution in [3.05, 3.63) is 64.7 Å². The summed E-state index contributed by atoms with van der Waals surface area (Å²) < 4.78 is 5.30. The Balaban J connectivity index is 0.00000180. The van der Waals surface area contributed by atoms with Crippen LogP contribution in [-0.4, -0.2) is 7.11 Å². The van der Waals surface area contributed by atoms with E-state index in [0.717, 1.165) is 29.4 Å². The largest absolute Gasteiger partial charge is 1.00 e. The molecule has 0 atom stereocenters. The number of rotatable bonds is 5. The maximum absolute atomic E-state index is 5.99. The minimum Gasteiger partial charge on any atom is -1.00 e. The summed E-state index contributed by atoms with van der Waals surface area (Å²) in [5.41, 5.74) is 2.33. The van der Waals surface area contributed by atoms with Crippen molar-refractivity contribution in [2.45, 2.75) is 13.1 Å². The quantitative estimate of drug-likeness (QED) is 0.875. The lowest BCUT2D eigenvalue weighted by molar-refractivity contribution is -0.00000387. The molecule has 0 spiro atoms. The normalized spacial score (nSPS) is 9.79. The van der Waals surface area contributed by atoms with E-state index < -0.39 is 0 Å². The van der Waals surface area contributed by atoms with E-state index in [0.29, 0.717) is 0 Å². The first kappa shape index (κ1) is 15.8. The van der Waals surface area contributed by atoms with Gasteiger partial charge in [-0.1, -0.05) is 41.9 Å². The molecule has 2 aromatic rings. The predicted octanol–water partition coefficient (Wildman–Crippen LogP) is 0.642. The fourth-order valence-corrected chi connectivity index (χ4v) is 2.02. The molecule has 0 fully saturated rings. The van der Waals surface area contributed by atoms with Gasteiger partial charge in [-0.05, 0) is 23.8 Å². The Morgan fingerprint density at radius 3 is 2.47 bits per heavy atom. The third-order valence-corrected chi connectivity index (χ3v) is 2.96. The molecule has 0 aromatic heterocycles. The summed E-state index contributed by atoms with van der Waals surface area (Å²) in [5, 5.41) is 4.11. The van der Waals surface area contributed by atoms with Crippen LogP contribution < -0.4 is 22.5 Å². The van der Waals surface area contributed by atoms with Crippen LogP contribution in [0.3, 0.4) is 0 Å². The predicted molar refractivity (Wildman–Crippen MR) is 75.0 cm³/mol. The van der Waals surface area contributed by atoms with E-state index >= 15 is 0 Å². The van der Waals surface area contributed by atoms with Crippen LogP contribution in [0.25, 0.3) is 0 Å². The highest BCUT2D eigenvalue weighted by Crippen LogP contribution is 2.22. The second kappa shape index (κ2) is 8.05. The van der Waals surface area contributed by atoms with Gasteiger partial charge in [-0.25, -0.2) is 0 Å². The van der Waals surface area contributed by atoms with Gasteiger partial charge in [0.2, 0.25) is 0 Å². The molecule has 4 heteroatoms. The van der Waals surface area contributed by atoms with Gasteiger partial charge in [-0.15, -0.1) is 0 Å². The lowest BCUT2D eigenvalue weighted by Gasteiger charge is -2.10. The fourth-order valence-electron chi connectivity index (χ4n) is 1.82. The molecule has 1 N–H and O–H groups in total. The van der Waals surface area contributed by atoms with Gasteiger partial charge in [0.1, 0.15) is 5.75 Å². The zero-order valence-corrected chi connectivity index (χ0v) is 12.2. The molecule has 0 saturated carbocycles. The number of benzene rings is 2. The number of hydrogen-bond acceptors (Lipinski definition) is 2. The van der Waals surface area contributed by atoms with Crippen molar-refractivity contribution in [3.63, 3.8) is 0 Å². The second-order valence-electron chi connectivity index (χ2n) is 4.05. The summed E-state index contributed by atoms with van der Waals surface area (Å²) in [6.07, 6.45) is 0. The maximum Gasteiger partial charge on any atom is 0.123 e. The minimum absolute atomic E-state index is 0. The Morgan fingerprint density at radius 2 is 1.79 bits per heavy atom. The molecule has 19 heavy (non-hydrogen) atoms. The van der Waals surface area contributed by atoms with Crippen molar-refractivity contribution in [1.82, 2.24) is 5.32 Å². The van der Waals surface area contributed by atoms with Gasteiger partial charge in [-0.3, -0.25) is 0 Å².